The maximum absolute atomic E-state index is 10.9. The van der Waals surface area contributed by atoms with Crippen LogP contribution in [0.1, 0.15) is 0 Å². The summed E-state index contributed by atoms with van der Waals surface area (Å²) in [6.45, 7) is 0.337. The molecule has 0 aromatic heterocycles. The van der Waals surface area contributed by atoms with E-state index >= 15 is 0 Å². The highest BCUT2D eigenvalue weighted by atomic mass is 32.2. The standard InChI is InChI=1S/C6H13NO2S2/c1-11-4-5(7)6(8)9-2-3-10/h5,10H,2-4,7H2,1H3/t5-/m0/s1. The van der Waals surface area contributed by atoms with Gasteiger partial charge < -0.3 is 10.5 Å². The largest absolute Gasteiger partial charge is 0.464 e. The molecule has 5 heteroatoms. The minimum atomic E-state index is -0.495. The molecule has 0 unspecified atom stereocenters. The summed E-state index contributed by atoms with van der Waals surface area (Å²) < 4.78 is 4.75. The normalized spacial score (nSPS) is 12.6. The van der Waals surface area contributed by atoms with E-state index in [0.717, 1.165) is 0 Å². The van der Waals surface area contributed by atoms with Crippen LogP contribution in [-0.4, -0.2) is 36.4 Å². The van der Waals surface area contributed by atoms with Crippen molar-refractivity contribution in [3.63, 3.8) is 0 Å². The van der Waals surface area contributed by atoms with E-state index in [1.165, 1.54) is 11.8 Å². The monoisotopic (exact) mass is 195 g/mol. The molecule has 3 nitrogen and oxygen atoms in total. The minimum absolute atomic E-state index is 0.337. The summed E-state index contributed by atoms with van der Waals surface area (Å²) >= 11 is 5.42. The van der Waals surface area contributed by atoms with Crippen molar-refractivity contribution in [1.29, 1.82) is 0 Å². The van der Waals surface area contributed by atoms with E-state index < -0.39 is 6.04 Å². The number of thioether (sulfide) groups is 1. The minimum Gasteiger partial charge on any atom is -0.464 e. The molecule has 0 bridgehead atoms. The summed E-state index contributed by atoms with van der Waals surface area (Å²) in [7, 11) is 0. The zero-order valence-electron chi connectivity index (χ0n) is 6.45. The first-order valence-corrected chi connectivity index (χ1v) is 5.27. The molecule has 0 spiro atoms. The third kappa shape index (κ3) is 5.41. The average molecular weight is 195 g/mol. The number of thiol groups is 1. The van der Waals surface area contributed by atoms with Crippen LogP contribution in [0.25, 0.3) is 0 Å². The number of esters is 1. The van der Waals surface area contributed by atoms with Gasteiger partial charge in [0.15, 0.2) is 0 Å². The molecular weight excluding hydrogens is 182 g/mol. The first-order chi connectivity index (χ1) is 5.22. The number of ether oxygens (including phenoxy) is 1. The average Bonchev–Trinajstić information content (AvgIpc) is 2.00. The van der Waals surface area contributed by atoms with Gasteiger partial charge in [0, 0.05) is 11.5 Å². The van der Waals surface area contributed by atoms with E-state index in [4.69, 9.17) is 10.5 Å². The van der Waals surface area contributed by atoms with Crippen molar-refractivity contribution >= 4 is 30.4 Å². The molecule has 0 aromatic rings. The van der Waals surface area contributed by atoms with Gasteiger partial charge in [-0.05, 0) is 6.26 Å². The van der Waals surface area contributed by atoms with Crippen LogP contribution in [0, 0.1) is 0 Å². The highest BCUT2D eigenvalue weighted by Gasteiger charge is 2.12. The van der Waals surface area contributed by atoms with Gasteiger partial charge in [0.05, 0.1) is 0 Å². The summed E-state index contributed by atoms with van der Waals surface area (Å²) in [6, 6.07) is -0.495. The second-order valence-electron chi connectivity index (χ2n) is 1.95. The third-order valence-electron chi connectivity index (χ3n) is 0.985. The van der Waals surface area contributed by atoms with Crippen molar-refractivity contribution in [2.24, 2.45) is 5.73 Å². The Balaban J connectivity index is 3.47. The molecule has 0 aromatic carbocycles. The van der Waals surface area contributed by atoms with Crippen LogP contribution < -0.4 is 5.73 Å². The van der Waals surface area contributed by atoms with Crippen LogP contribution in [-0.2, 0) is 9.53 Å². The van der Waals surface area contributed by atoms with Gasteiger partial charge in [0.1, 0.15) is 12.6 Å². The first-order valence-electron chi connectivity index (χ1n) is 3.24. The molecule has 0 rings (SSSR count). The van der Waals surface area contributed by atoms with Crippen LogP contribution >= 0.6 is 24.4 Å². The lowest BCUT2D eigenvalue weighted by Crippen LogP contribution is -2.34. The maximum Gasteiger partial charge on any atom is 0.323 e. The Labute approximate surface area is 76.5 Å². The van der Waals surface area contributed by atoms with E-state index in [2.05, 4.69) is 12.6 Å². The number of hydrogen-bond donors (Lipinski definition) is 2. The Morgan fingerprint density at radius 3 is 2.91 bits per heavy atom. The van der Waals surface area contributed by atoms with Gasteiger partial charge in [-0.3, -0.25) is 4.79 Å². The van der Waals surface area contributed by atoms with E-state index in [1.54, 1.807) is 0 Å². The molecule has 0 aliphatic rings. The number of rotatable bonds is 5. The second kappa shape index (κ2) is 6.82. The summed E-state index contributed by atoms with van der Waals surface area (Å²) in [6.07, 6.45) is 1.89. The van der Waals surface area contributed by atoms with Gasteiger partial charge in [0.25, 0.3) is 0 Å². The van der Waals surface area contributed by atoms with Crippen molar-refractivity contribution in [2.75, 3.05) is 24.4 Å². The van der Waals surface area contributed by atoms with Gasteiger partial charge >= 0.3 is 5.97 Å². The lowest BCUT2D eigenvalue weighted by molar-refractivity contribution is -0.143. The van der Waals surface area contributed by atoms with Gasteiger partial charge in [-0.1, -0.05) is 0 Å². The molecule has 0 aliphatic carbocycles. The zero-order valence-corrected chi connectivity index (χ0v) is 8.16. The van der Waals surface area contributed by atoms with Crippen molar-refractivity contribution in [3.8, 4) is 0 Å². The van der Waals surface area contributed by atoms with Crippen molar-refractivity contribution < 1.29 is 9.53 Å². The second-order valence-corrected chi connectivity index (χ2v) is 3.31. The predicted molar refractivity (Wildman–Crippen MR) is 51.2 cm³/mol. The highest BCUT2D eigenvalue weighted by molar-refractivity contribution is 7.98. The Morgan fingerprint density at radius 1 is 1.82 bits per heavy atom. The topological polar surface area (TPSA) is 52.3 Å². The van der Waals surface area contributed by atoms with Crippen LogP contribution in [0.2, 0.25) is 0 Å². The molecular formula is C6H13NO2S2. The van der Waals surface area contributed by atoms with Crippen LogP contribution in [0.4, 0.5) is 0 Å². The fraction of sp³-hybridized carbons (Fsp3) is 0.833. The fourth-order valence-electron chi connectivity index (χ4n) is 0.501. The maximum atomic E-state index is 10.9. The first kappa shape index (κ1) is 11.1. The van der Waals surface area contributed by atoms with Crippen LogP contribution in [0.15, 0.2) is 0 Å². The number of carbonyl (C=O) groups excluding carboxylic acids is 1. The quantitative estimate of drug-likeness (QED) is 0.484. The smallest absolute Gasteiger partial charge is 0.323 e. The Kier molecular flexibility index (Phi) is 6.90. The highest BCUT2D eigenvalue weighted by Crippen LogP contribution is 1.96. The molecule has 0 heterocycles. The van der Waals surface area contributed by atoms with Crippen molar-refractivity contribution in [2.45, 2.75) is 6.04 Å². The van der Waals surface area contributed by atoms with E-state index in [0.29, 0.717) is 18.1 Å². The molecule has 0 amide bonds. The van der Waals surface area contributed by atoms with Gasteiger partial charge in [-0.15, -0.1) is 0 Å². The lowest BCUT2D eigenvalue weighted by Gasteiger charge is -2.08. The van der Waals surface area contributed by atoms with Gasteiger partial charge in [0.2, 0.25) is 0 Å². The zero-order chi connectivity index (χ0) is 8.69. The molecule has 0 radical (unpaired) electrons. The molecule has 0 saturated heterocycles. The van der Waals surface area contributed by atoms with Gasteiger partial charge in [-0.25, -0.2) is 0 Å². The molecule has 11 heavy (non-hydrogen) atoms. The third-order valence-corrected chi connectivity index (χ3v) is 1.86. The number of nitrogens with two attached hydrogens (primary N) is 1. The Hall–Kier alpha value is 0.130. The van der Waals surface area contributed by atoms with E-state index in [1.807, 2.05) is 6.26 Å². The molecule has 2 N–H and O–H groups in total. The predicted octanol–water partition coefficient (Wildman–Crippen LogP) is 0.150. The molecule has 1 atom stereocenters. The number of hydrogen-bond acceptors (Lipinski definition) is 5. The summed E-state index contributed by atoms with van der Waals surface area (Å²) in [5.74, 6) is 0.803. The van der Waals surface area contributed by atoms with E-state index in [9.17, 15) is 4.79 Å². The SMILES string of the molecule is CSC[C@H](N)C(=O)OCCS. The fourth-order valence-corrected chi connectivity index (χ4v) is 1.09. The summed E-state index contributed by atoms with van der Waals surface area (Å²) in [4.78, 5) is 10.9. The molecule has 66 valence electrons. The van der Waals surface area contributed by atoms with Crippen molar-refractivity contribution in [3.05, 3.63) is 0 Å². The summed E-state index contributed by atoms with van der Waals surface area (Å²) in [5.41, 5.74) is 5.45. The summed E-state index contributed by atoms with van der Waals surface area (Å²) in [5, 5.41) is 0. The van der Waals surface area contributed by atoms with Crippen molar-refractivity contribution in [1.82, 2.24) is 0 Å². The molecule has 0 aliphatic heterocycles. The number of carbonyl (C=O) groups is 1. The lowest BCUT2D eigenvalue weighted by atomic mass is 10.4. The van der Waals surface area contributed by atoms with Crippen LogP contribution in [0.3, 0.4) is 0 Å². The Bertz CT molecular complexity index is 121. The van der Waals surface area contributed by atoms with Gasteiger partial charge in [-0.2, -0.15) is 24.4 Å². The van der Waals surface area contributed by atoms with Crippen LogP contribution in [0.5, 0.6) is 0 Å². The molecule has 0 saturated carbocycles. The Morgan fingerprint density at radius 2 is 2.45 bits per heavy atom. The molecule has 0 fully saturated rings. The van der Waals surface area contributed by atoms with E-state index in [-0.39, 0.29) is 5.97 Å².